The summed E-state index contributed by atoms with van der Waals surface area (Å²) in [5.41, 5.74) is 0.777. The van der Waals surface area contributed by atoms with E-state index in [0.29, 0.717) is 6.54 Å². The topological polar surface area (TPSA) is 23.6 Å². The molecule has 21 heavy (non-hydrogen) atoms. The SMILES string of the molecule is CCN(CC)CCCN(CC)CC(=O)c1ccccc1Br. The molecule has 0 heterocycles. The van der Waals surface area contributed by atoms with Crippen LogP contribution in [0.15, 0.2) is 28.7 Å². The summed E-state index contributed by atoms with van der Waals surface area (Å²) < 4.78 is 0.884. The Balaban J connectivity index is 2.47. The van der Waals surface area contributed by atoms with Gasteiger partial charge < -0.3 is 4.90 Å². The minimum atomic E-state index is 0.187. The fourth-order valence-corrected chi connectivity index (χ4v) is 2.89. The molecule has 0 N–H and O–H groups in total. The molecule has 0 aromatic heterocycles. The number of hydrogen-bond donors (Lipinski definition) is 0. The molecule has 0 unspecified atom stereocenters. The summed E-state index contributed by atoms with van der Waals surface area (Å²) in [5, 5.41) is 0. The second-order valence-electron chi connectivity index (χ2n) is 5.15. The van der Waals surface area contributed by atoms with Gasteiger partial charge in [-0.15, -0.1) is 0 Å². The van der Waals surface area contributed by atoms with Crippen molar-refractivity contribution < 1.29 is 4.79 Å². The zero-order valence-electron chi connectivity index (χ0n) is 13.4. The van der Waals surface area contributed by atoms with E-state index in [1.165, 1.54) is 0 Å². The van der Waals surface area contributed by atoms with Crippen LogP contribution in [0.2, 0.25) is 0 Å². The third-order valence-electron chi connectivity index (χ3n) is 3.83. The third-order valence-corrected chi connectivity index (χ3v) is 4.52. The van der Waals surface area contributed by atoms with Gasteiger partial charge in [-0.3, -0.25) is 9.69 Å². The van der Waals surface area contributed by atoms with Crippen LogP contribution in [0.1, 0.15) is 37.6 Å². The summed E-state index contributed by atoms with van der Waals surface area (Å²) >= 11 is 3.45. The van der Waals surface area contributed by atoms with E-state index in [4.69, 9.17) is 0 Å². The van der Waals surface area contributed by atoms with E-state index in [1.54, 1.807) is 0 Å². The van der Waals surface area contributed by atoms with Crippen molar-refractivity contribution in [2.45, 2.75) is 27.2 Å². The van der Waals surface area contributed by atoms with E-state index in [0.717, 1.165) is 49.2 Å². The number of rotatable bonds is 10. The molecule has 3 nitrogen and oxygen atoms in total. The summed E-state index contributed by atoms with van der Waals surface area (Å²) in [5.74, 6) is 0.187. The summed E-state index contributed by atoms with van der Waals surface area (Å²) in [4.78, 5) is 17.0. The van der Waals surface area contributed by atoms with E-state index in [-0.39, 0.29) is 5.78 Å². The third kappa shape index (κ3) is 6.29. The number of nitrogens with zero attached hydrogens (tertiary/aromatic N) is 2. The number of likely N-dealkylation sites (N-methyl/N-ethyl adjacent to an activating group) is 1. The highest BCUT2D eigenvalue weighted by Gasteiger charge is 2.13. The maximum Gasteiger partial charge on any atom is 0.177 e. The number of benzene rings is 1. The number of hydrogen-bond acceptors (Lipinski definition) is 3. The molecule has 1 aromatic rings. The van der Waals surface area contributed by atoms with E-state index in [9.17, 15) is 4.79 Å². The molecule has 0 saturated carbocycles. The quantitative estimate of drug-likeness (QED) is 0.598. The van der Waals surface area contributed by atoms with Crippen molar-refractivity contribution in [1.29, 1.82) is 0 Å². The van der Waals surface area contributed by atoms with Gasteiger partial charge in [0.1, 0.15) is 0 Å². The largest absolute Gasteiger partial charge is 0.304 e. The normalized spacial score (nSPS) is 11.3. The summed E-state index contributed by atoms with van der Waals surface area (Å²) in [7, 11) is 0. The summed E-state index contributed by atoms with van der Waals surface area (Å²) in [6.45, 7) is 12.2. The van der Waals surface area contributed by atoms with Crippen molar-refractivity contribution in [2.75, 3.05) is 39.3 Å². The van der Waals surface area contributed by atoms with E-state index >= 15 is 0 Å². The van der Waals surface area contributed by atoms with Crippen LogP contribution in [0.3, 0.4) is 0 Å². The first-order chi connectivity index (χ1) is 10.1. The Kier molecular flexibility index (Phi) is 8.81. The predicted molar refractivity (Wildman–Crippen MR) is 93.0 cm³/mol. The molecular formula is C17H27BrN2O. The standard InChI is InChI=1S/C17H27BrN2O/c1-4-19(5-2)12-9-13-20(6-3)14-17(21)15-10-7-8-11-16(15)18/h7-8,10-11H,4-6,9,12-14H2,1-3H3. The monoisotopic (exact) mass is 354 g/mol. The van der Waals surface area contributed by atoms with Gasteiger partial charge in [-0.2, -0.15) is 0 Å². The predicted octanol–water partition coefficient (Wildman–Crippen LogP) is 3.69. The molecule has 0 amide bonds. The molecule has 0 atom stereocenters. The van der Waals surface area contributed by atoms with Gasteiger partial charge in [0, 0.05) is 10.0 Å². The van der Waals surface area contributed by atoms with Gasteiger partial charge in [0.15, 0.2) is 5.78 Å². The van der Waals surface area contributed by atoms with Crippen molar-refractivity contribution in [2.24, 2.45) is 0 Å². The van der Waals surface area contributed by atoms with Gasteiger partial charge in [-0.1, -0.05) is 54.9 Å². The van der Waals surface area contributed by atoms with E-state index < -0.39 is 0 Å². The average Bonchev–Trinajstić information content (AvgIpc) is 2.50. The number of carbonyl (C=O) groups excluding carboxylic acids is 1. The lowest BCUT2D eigenvalue weighted by Crippen LogP contribution is -2.33. The Morgan fingerprint density at radius 1 is 1.00 bits per heavy atom. The van der Waals surface area contributed by atoms with Crippen LogP contribution >= 0.6 is 15.9 Å². The zero-order chi connectivity index (χ0) is 15.7. The molecule has 0 aliphatic carbocycles. The molecule has 0 saturated heterocycles. The maximum atomic E-state index is 12.4. The smallest absolute Gasteiger partial charge is 0.177 e. The van der Waals surface area contributed by atoms with E-state index in [1.807, 2.05) is 24.3 Å². The van der Waals surface area contributed by atoms with Gasteiger partial charge in [0.25, 0.3) is 0 Å². The minimum absolute atomic E-state index is 0.187. The fraction of sp³-hybridized carbons (Fsp3) is 0.588. The highest BCUT2D eigenvalue weighted by atomic mass is 79.9. The van der Waals surface area contributed by atoms with Crippen molar-refractivity contribution in [3.8, 4) is 0 Å². The van der Waals surface area contributed by atoms with Crippen LogP contribution in [0, 0.1) is 0 Å². The Hall–Kier alpha value is -0.710. The van der Waals surface area contributed by atoms with Crippen molar-refractivity contribution in [3.05, 3.63) is 34.3 Å². The van der Waals surface area contributed by atoms with Gasteiger partial charge in [0.2, 0.25) is 0 Å². The van der Waals surface area contributed by atoms with Gasteiger partial charge >= 0.3 is 0 Å². The summed E-state index contributed by atoms with van der Waals surface area (Å²) in [6.07, 6.45) is 1.11. The number of Topliss-reactive ketones (excluding diaryl/α,β-unsaturated/α-hetero) is 1. The second kappa shape index (κ2) is 10.1. The van der Waals surface area contributed by atoms with Crippen molar-refractivity contribution >= 4 is 21.7 Å². The van der Waals surface area contributed by atoms with Crippen LogP contribution in [0.4, 0.5) is 0 Å². The fourth-order valence-electron chi connectivity index (χ4n) is 2.38. The molecule has 1 rings (SSSR count). The molecule has 118 valence electrons. The lowest BCUT2D eigenvalue weighted by atomic mass is 10.1. The zero-order valence-corrected chi connectivity index (χ0v) is 15.0. The van der Waals surface area contributed by atoms with Gasteiger partial charge in [-0.05, 0) is 45.2 Å². The maximum absolute atomic E-state index is 12.4. The van der Waals surface area contributed by atoms with Crippen LogP contribution in [0.25, 0.3) is 0 Å². The molecule has 0 fully saturated rings. The molecule has 0 aliphatic rings. The molecule has 1 aromatic carbocycles. The Labute approximate surface area is 137 Å². The highest BCUT2D eigenvalue weighted by molar-refractivity contribution is 9.10. The van der Waals surface area contributed by atoms with Gasteiger partial charge in [0.05, 0.1) is 6.54 Å². The molecule has 0 spiro atoms. The van der Waals surface area contributed by atoms with Crippen LogP contribution < -0.4 is 0 Å². The first-order valence-electron chi connectivity index (χ1n) is 7.84. The van der Waals surface area contributed by atoms with E-state index in [2.05, 4.69) is 46.5 Å². The molecular weight excluding hydrogens is 328 g/mol. The first kappa shape index (κ1) is 18.3. The Morgan fingerprint density at radius 3 is 2.14 bits per heavy atom. The van der Waals surface area contributed by atoms with Gasteiger partial charge in [-0.25, -0.2) is 0 Å². The molecule has 0 radical (unpaired) electrons. The number of halogens is 1. The Bertz CT molecular complexity index is 433. The minimum Gasteiger partial charge on any atom is -0.304 e. The molecule has 4 heteroatoms. The van der Waals surface area contributed by atoms with Crippen molar-refractivity contribution in [3.63, 3.8) is 0 Å². The number of carbonyl (C=O) groups is 1. The van der Waals surface area contributed by atoms with Crippen molar-refractivity contribution in [1.82, 2.24) is 9.80 Å². The number of ketones is 1. The second-order valence-corrected chi connectivity index (χ2v) is 6.01. The summed E-state index contributed by atoms with van der Waals surface area (Å²) in [6, 6.07) is 7.65. The first-order valence-corrected chi connectivity index (χ1v) is 8.64. The molecule has 0 bridgehead atoms. The van der Waals surface area contributed by atoms with Crippen LogP contribution in [-0.4, -0.2) is 54.9 Å². The van der Waals surface area contributed by atoms with Crippen LogP contribution in [-0.2, 0) is 0 Å². The molecule has 0 aliphatic heterocycles. The average molecular weight is 355 g/mol. The lowest BCUT2D eigenvalue weighted by molar-refractivity contribution is 0.0930. The van der Waals surface area contributed by atoms with Crippen LogP contribution in [0.5, 0.6) is 0 Å². The Morgan fingerprint density at radius 2 is 1.57 bits per heavy atom. The highest BCUT2D eigenvalue weighted by Crippen LogP contribution is 2.16. The lowest BCUT2D eigenvalue weighted by Gasteiger charge is -2.23.